The average molecular weight is 364 g/mol. The van der Waals surface area contributed by atoms with Gasteiger partial charge in [-0.3, -0.25) is 5.10 Å². The van der Waals surface area contributed by atoms with E-state index in [1.54, 1.807) is 0 Å². The fourth-order valence-electron chi connectivity index (χ4n) is 1.67. The van der Waals surface area contributed by atoms with Crippen LogP contribution in [-0.2, 0) is 0 Å². The number of nitrogens with two attached hydrogens (primary N) is 1. The maximum atomic E-state index is 5.94. The Hall–Kier alpha value is -2.03. The monoisotopic (exact) mass is 364 g/mol. The number of rotatable bonds is 2. The molecule has 0 bridgehead atoms. The third-order valence-electron chi connectivity index (χ3n) is 2.55. The van der Waals surface area contributed by atoms with Crippen LogP contribution in [0.15, 0.2) is 36.7 Å². The quantitative estimate of drug-likeness (QED) is 0.680. The second-order valence-corrected chi connectivity index (χ2v) is 4.87. The molecule has 1 aromatic carbocycles. The lowest BCUT2D eigenvalue weighted by Gasteiger charge is -2.07. The van der Waals surface area contributed by atoms with Gasteiger partial charge in [-0.25, -0.2) is 15.0 Å². The van der Waals surface area contributed by atoms with Gasteiger partial charge >= 0.3 is 0 Å². The van der Waals surface area contributed by atoms with E-state index in [-0.39, 0.29) is 0 Å². The number of benzene rings is 1. The maximum Gasteiger partial charge on any atom is 0.199 e. The third kappa shape index (κ3) is 2.28. The van der Waals surface area contributed by atoms with Crippen molar-refractivity contribution in [2.75, 3.05) is 5.73 Å². The highest BCUT2D eigenvalue weighted by Gasteiger charge is 2.14. The number of halogens is 1. The van der Waals surface area contributed by atoms with Crippen molar-refractivity contribution in [2.45, 2.75) is 0 Å². The molecular weight excluding hydrogens is 355 g/mol. The lowest BCUT2D eigenvalue weighted by atomic mass is 10.1. The third-order valence-corrected chi connectivity index (χ3v) is 3.61. The minimum Gasteiger partial charge on any atom is -0.383 e. The summed E-state index contributed by atoms with van der Waals surface area (Å²) < 4.78 is 0.826. The van der Waals surface area contributed by atoms with Crippen LogP contribution in [0.3, 0.4) is 0 Å². The summed E-state index contributed by atoms with van der Waals surface area (Å²) in [7, 11) is 0. The fraction of sp³-hybridized carbons (Fsp3) is 0. The lowest BCUT2D eigenvalue weighted by molar-refractivity contribution is 1.06. The average Bonchev–Trinajstić information content (AvgIpc) is 2.97. The van der Waals surface area contributed by atoms with E-state index in [9.17, 15) is 0 Å². The zero-order chi connectivity index (χ0) is 13.2. The van der Waals surface area contributed by atoms with Gasteiger partial charge in [-0.2, -0.15) is 5.10 Å². The Morgan fingerprint density at radius 2 is 1.89 bits per heavy atom. The molecule has 94 valence electrons. The molecule has 0 spiro atoms. The van der Waals surface area contributed by atoms with Crippen LogP contribution in [0.2, 0.25) is 0 Å². The lowest BCUT2D eigenvalue weighted by Crippen LogP contribution is -2.03. The standard InChI is InChI=1S/C12H9IN6/c13-8-9(7-4-2-1-3-5-7)17-12(18-10(8)14)11-15-6-16-19-11/h1-6H,(H2,14,17,18)(H,15,16,19). The molecule has 0 unspecified atom stereocenters. The van der Waals surface area contributed by atoms with Gasteiger partial charge in [0.15, 0.2) is 11.6 Å². The van der Waals surface area contributed by atoms with Crippen LogP contribution in [0.5, 0.6) is 0 Å². The van der Waals surface area contributed by atoms with E-state index in [1.165, 1.54) is 6.33 Å². The molecule has 0 saturated carbocycles. The summed E-state index contributed by atoms with van der Waals surface area (Å²) >= 11 is 2.15. The highest BCUT2D eigenvalue weighted by molar-refractivity contribution is 14.1. The van der Waals surface area contributed by atoms with Crippen molar-refractivity contribution in [1.82, 2.24) is 25.1 Å². The van der Waals surface area contributed by atoms with Crippen LogP contribution in [0.25, 0.3) is 22.9 Å². The number of H-pyrrole nitrogens is 1. The van der Waals surface area contributed by atoms with Gasteiger partial charge in [-0.15, -0.1) is 0 Å². The van der Waals surface area contributed by atoms with Crippen molar-refractivity contribution in [3.05, 3.63) is 40.2 Å². The molecule has 3 rings (SSSR count). The molecular formula is C12H9IN6. The molecule has 0 aliphatic carbocycles. The van der Waals surface area contributed by atoms with Crippen LogP contribution < -0.4 is 5.73 Å². The zero-order valence-electron chi connectivity index (χ0n) is 9.71. The second kappa shape index (κ2) is 4.92. The molecule has 0 amide bonds. The number of aromatic nitrogens is 5. The Bertz CT molecular complexity index is 696. The molecule has 0 fully saturated rings. The molecule has 3 N–H and O–H groups in total. The summed E-state index contributed by atoms with van der Waals surface area (Å²) in [6, 6.07) is 9.83. The summed E-state index contributed by atoms with van der Waals surface area (Å²) in [5.41, 5.74) is 7.72. The number of nitrogens with zero attached hydrogens (tertiary/aromatic N) is 4. The van der Waals surface area contributed by atoms with E-state index in [2.05, 4.69) is 47.7 Å². The Balaban J connectivity index is 2.20. The van der Waals surface area contributed by atoms with Crippen molar-refractivity contribution in [2.24, 2.45) is 0 Å². The summed E-state index contributed by atoms with van der Waals surface area (Å²) in [6.45, 7) is 0. The number of anilines is 1. The molecule has 0 atom stereocenters. The van der Waals surface area contributed by atoms with E-state index in [1.807, 2.05) is 30.3 Å². The van der Waals surface area contributed by atoms with Crippen LogP contribution in [-0.4, -0.2) is 25.1 Å². The van der Waals surface area contributed by atoms with Crippen molar-refractivity contribution in [3.63, 3.8) is 0 Å². The largest absolute Gasteiger partial charge is 0.383 e. The molecule has 3 aromatic rings. The molecule has 19 heavy (non-hydrogen) atoms. The molecule has 2 heterocycles. The zero-order valence-corrected chi connectivity index (χ0v) is 11.9. The van der Waals surface area contributed by atoms with E-state index in [4.69, 9.17) is 5.73 Å². The van der Waals surface area contributed by atoms with E-state index < -0.39 is 0 Å². The molecule has 0 aliphatic heterocycles. The SMILES string of the molecule is Nc1nc(-c2ncn[nH]2)nc(-c2ccccc2)c1I. The highest BCUT2D eigenvalue weighted by Crippen LogP contribution is 2.28. The number of hydrogen-bond acceptors (Lipinski definition) is 5. The summed E-state index contributed by atoms with van der Waals surface area (Å²) in [5, 5.41) is 6.53. The minimum absolute atomic E-state index is 0.431. The molecule has 7 heteroatoms. The summed E-state index contributed by atoms with van der Waals surface area (Å²) in [5.74, 6) is 1.37. The Kier molecular flexibility index (Phi) is 3.11. The molecule has 0 saturated heterocycles. The van der Waals surface area contributed by atoms with Gasteiger partial charge in [0.25, 0.3) is 0 Å². The van der Waals surface area contributed by atoms with Gasteiger partial charge in [0, 0.05) is 5.56 Å². The van der Waals surface area contributed by atoms with E-state index in [0.717, 1.165) is 14.8 Å². The van der Waals surface area contributed by atoms with Gasteiger partial charge in [0.2, 0.25) is 0 Å². The number of nitrogen functional groups attached to an aromatic ring is 1. The predicted molar refractivity (Wildman–Crippen MR) is 80.0 cm³/mol. The van der Waals surface area contributed by atoms with Crippen LogP contribution in [0.4, 0.5) is 5.82 Å². The van der Waals surface area contributed by atoms with Gasteiger partial charge in [0.05, 0.1) is 9.26 Å². The van der Waals surface area contributed by atoms with Gasteiger partial charge < -0.3 is 5.73 Å². The second-order valence-electron chi connectivity index (χ2n) is 3.80. The maximum absolute atomic E-state index is 5.94. The number of hydrogen-bond donors (Lipinski definition) is 2. The first-order chi connectivity index (χ1) is 9.25. The van der Waals surface area contributed by atoms with Crippen molar-refractivity contribution >= 4 is 28.4 Å². The molecule has 6 nitrogen and oxygen atoms in total. The number of aromatic amines is 1. The minimum atomic E-state index is 0.431. The summed E-state index contributed by atoms with van der Waals surface area (Å²) in [4.78, 5) is 12.8. The van der Waals surface area contributed by atoms with Crippen molar-refractivity contribution in [3.8, 4) is 22.9 Å². The molecule has 2 aromatic heterocycles. The number of nitrogens with one attached hydrogen (secondary N) is 1. The van der Waals surface area contributed by atoms with E-state index in [0.29, 0.717) is 17.5 Å². The van der Waals surface area contributed by atoms with Crippen LogP contribution in [0, 0.1) is 3.57 Å². The van der Waals surface area contributed by atoms with Crippen LogP contribution >= 0.6 is 22.6 Å². The molecule has 0 radical (unpaired) electrons. The Morgan fingerprint density at radius 1 is 1.11 bits per heavy atom. The van der Waals surface area contributed by atoms with Crippen LogP contribution in [0.1, 0.15) is 0 Å². The Labute approximate surface area is 122 Å². The first kappa shape index (κ1) is 12.0. The topological polar surface area (TPSA) is 93.4 Å². The normalized spacial score (nSPS) is 10.6. The van der Waals surface area contributed by atoms with Gasteiger partial charge in [0.1, 0.15) is 12.1 Å². The first-order valence-corrected chi connectivity index (χ1v) is 6.58. The first-order valence-electron chi connectivity index (χ1n) is 5.50. The fourth-order valence-corrected chi connectivity index (χ4v) is 2.22. The van der Waals surface area contributed by atoms with E-state index >= 15 is 0 Å². The molecule has 0 aliphatic rings. The van der Waals surface area contributed by atoms with Gasteiger partial charge in [-0.1, -0.05) is 30.3 Å². The van der Waals surface area contributed by atoms with Crippen molar-refractivity contribution in [1.29, 1.82) is 0 Å². The smallest absolute Gasteiger partial charge is 0.199 e. The predicted octanol–water partition coefficient (Wildman–Crippen LogP) is 2.12. The van der Waals surface area contributed by atoms with Crippen molar-refractivity contribution < 1.29 is 0 Å². The van der Waals surface area contributed by atoms with Gasteiger partial charge in [-0.05, 0) is 22.6 Å². The Morgan fingerprint density at radius 3 is 2.58 bits per heavy atom. The highest BCUT2D eigenvalue weighted by atomic mass is 127. The summed E-state index contributed by atoms with van der Waals surface area (Å²) in [6.07, 6.45) is 1.41.